The number of carbonyl (C=O) groups excluding carboxylic acids is 1. The Labute approximate surface area is 173 Å². The third-order valence-corrected chi connectivity index (χ3v) is 5.29. The maximum absolute atomic E-state index is 12.5. The molecule has 0 bridgehead atoms. The number of ether oxygens (including phenoxy) is 1. The van der Waals surface area contributed by atoms with Crippen LogP contribution in [0.25, 0.3) is 0 Å². The summed E-state index contributed by atoms with van der Waals surface area (Å²) in [6.07, 6.45) is 1.44. The van der Waals surface area contributed by atoms with Crippen molar-refractivity contribution in [2.45, 2.75) is 24.5 Å². The van der Waals surface area contributed by atoms with Crippen molar-refractivity contribution in [3.63, 3.8) is 0 Å². The van der Waals surface area contributed by atoms with Crippen LogP contribution in [0.15, 0.2) is 64.5 Å². The summed E-state index contributed by atoms with van der Waals surface area (Å²) in [5.41, 5.74) is 2.74. The molecule has 0 atom stereocenters. The normalized spacial score (nSPS) is 10.8. The van der Waals surface area contributed by atoms with Gasteiger partial charge in [-0.25, -0.2) is 9.89 Å². The van der Waals surface area contributed by atoms with Gasteiger partial charge in [0, 0.05) is 25.9 Å². The fraction of sp³-hybridized carbons (Fsp3) is 0.286. The van der Waals surface area contributed by atoms with Gasteiger partial charge in [0.05, 0.1) is 5.75 Å². The zero-order valence-corrected chi connectivity index (χ0v) is 17.1. The molecule has 2 N–H and O–H groups in total. The van der Waals surface area contributed by atoms with Gasteiger partial charge in [-0.05, 0) is 30.0 Å². The van der Waals surface area contributed by atoms with Crippen LogP contribution in [0.1, 0.15) is 17.5 Å². The number of anilines is 1. The van der Waals surface area contributed by atoms with Gasteiger partial charge in [-0.3, -0.25) is 9.36 Å². The Morgan fingerprint density at radius 1 is 1.17 bits per heavy atom. The number of methoxy groups -OCH3 is 1. The average Bonchev–Trinajstić information content (AvgIpc) is 3.08. The summed E-state index contributed by atoms with van der Waals surface area (Å²) < 4.78 is 6.55. The highest BCUT2D eigenvalue weighted by Crippen LogP contribution is 2.20. The zero-order chi connectivity index (χ0) is 20.5. The van der Waals surface area contributed by atoms with Crippen LogP contribution in [0.5, 0.6) is 0 Å². The molecule has 1 amide bonds. The van der Waals surface area contributed by atoms with E-state index in [1.54, 1.807) is 7.11 Å². The lowest BCUT2D eigenvalue weighted by Crippen LogP contribution is -2.19. The van der Waals surface area contributed by atoms with Crippen molar-refractivity contribution < 1.29 is 9.53 Å². The van der Waals surface area contributed by atoms with Gasteiger partial charge in [-0.1, -0.05) is 60.3 Å². The predicted octanol–water partition coefficient (Wildman–Crippen LogP) is 2.93. The summed E-state index contributed by atoms with van der Waals surface area (Å²) >= 11 is 1.23. The first-order chi connectivity index (χ1) is 14.2. The van der Waals surface area contributed by atoms with Crippen molar-refractivity contribution in [2.24, 2.45) is 0 Å². The first-order valence-corrected chi connectivity index (χ1v) is 10.3. The molecule has 0 saturated carbocycles. The second-order valence-electron chi connectivity index (χ2n) is 6.47. The van der Waals surface area contributed by atoms with Crippen molar-refractivity contribution in [2.75, 3.05) is 24.8 Å². The monoisotopic (exact) mass is 412 g/mol. The molecule has 3 rings (SSSR count). The second-order valence-corrected chi connectivity index (χ2v) is 7.41. The van der Waals surface area contributed by atoms with Crippen molar-refractivity contribution in [3.05, 3.63) is 76.2 Å². The Morgan fingerprint density at radius 3 is 2.72 bits per heavy atom. The Bertz CT molecular complexity index is 985. The number of nitrogens with one attached hydrogen (secondary N) is 2. The third-order valence-electron chi connectivity index (χ3n) is 4.31. The molecule has 8 heteroatoms. The number of rotatable bonds is 10. The van der Waals surface area contributed by atoms with Gasteiger partial charge in [0.1, 0.15) is 0 Å². The molecule has 0 fully saturated rings. The number of benzene rings is 2. The number of hydrogen-bond donors (Lipinski definition) is 2. The Hall–Kier alpha value is -2.84. The van der Waals surface area contributed by atoms with Crippen molar-refractivity contribution >= 4 is 23.4 Å². The first kappa shape index (κ1) is 20.9. The van der Waals surface area contributed by atoms with Gasteiger partial charge in [-0.15, -0.1) is 5.10 Å². The van der Waals surface area contributed by atoms with E-state index in [0.29, 0.717) is 24.7 Å². The molecule has 0 aliphatic heterocycles. The number of nitrogens with zero attached hydrogens (tertiary/aromatic N) is 2. The van der Waals surface area contributed by atoms with E-state index in [0.717, 1.165) is 17.7 Å². The number of thioether (sulfide) groups is 1. The van der Waals surface area contributed by atoms with Crippen molar-refractivity contribution in [1.82, 2.24) is 14.8 Å². The molecule has 0 saturated heterocycles. The highest BCUT2D eigenvalue weighted by atomic mass is 32.2. The van der Waals surface area contributed by atoms with Gasteiger partial charge >= 0.3 is 5.69 Å². The lowest BCUT2D eigenvalue weighted by molar-refractivity contribution is -0.113. The van der Waals surface area contributed by atoms with Crippen LogP contribution in [0.2, 0.25) is 0 Å². The minimum atomic E-state index is -0.280. The molecule has 2 aromatic carbocycles. The van der Waals surface area contributed by atoms with Crippen LogP contribution >= 0.6 is 11.8 Å². The molecule has 0 unspecified atom stereocenters. The number of para-hydroxylation sites is 1. The SMILES string of the molecule is COCCCn1c(SCC(=O)Nc2ccccc2Cc2ccccc2)n[nH]c1=O. The molecule has 0 spiro atoms. The number of hydrogen-bond acceptors (Lipinski definition) is 5. The third kappa shape index (κ3) is 6.07. The lowest BCUT2D eigenvalue weighted by Gasteiger charge is -2.11. The molecule has 7 nitrogen and oxygen atoms in total. The number of amides is 1. The molecular formula is C21H24N4O3S. The van der Waals surface area contributed by atoms with Crippen LogP contribution in [0.3, 0.4) is 0 Å². The largest absolute Gasteiger partial charge is 0.385 e. The minimum Gasteiger partial charge on any atom is -0.385 e. The molecule has 1 heterocycles. The number of aromatic amines is 1. The fourth-order valence-corrected chi connectivity index (χ4v) is 3.68. The minimum absolute atomic E-state index is 0.144. The summed E-state index contributed by atoms with van der Waals surface area (Å²) in [5, 5.41) is 9.93. The van der Waals surface area contributed by atoms with E-state index in [1.807, 2.05) is 42.5 Å². The van der Waals surface area contributed by atoms with E-state index in [2.05, 4.69) is 27.6 Å². The van der Waals surface area contributed by atoms with Gasteiger partial charge in [-0.2, -0.15) is 0 Å². The average molecular weight is 413 g/mol. The van der Waals surface area contributed by atoms with E-state index in [-0.39, 0.29) is 17.3 Å². The molecular weight excluding hydrogens is 388 g/mol. The second kappa shape index (κ2) is 10.6. The summed E-state index contributed by atoms with van der Waals surface area (Å²) in [7, 11) is 1.62. The van der Waals surface area contributed by atoms with Crippen molar-refractivity contribution in [3.8, 4) is 0 Å². The molecule has 0 aliphatic carbocycles. The van der Waals surface area contributed by atoms with Crippen LogP contribution in [0, 0.1) is 0 Å². The number of carbonyl (C=O) groups is 1. The van der Waals surface area contributed by atoms with Gasteiger partial charge in [0.25, 0.3) is 0 Å². The summed E-state index contributed by atoms with van der Waals surface area (Å²) in [4.78, 5) is 24.4. The van der Waals surface area contributed by atoms with E-state index in [4.69, 9.17) is 4.74 Å². The number of H-pyrrole nitrogens is 1. The molecule has 29 heavy (non-hydrogen) atoms. The van der Waals surface area contributed by atoms with Gasteiger partial charge < -0.3 is 10.1 Å². The van der Waals surface area contributed by atoms with E-state index >= 15 is 0 Å². The van der Waals surface area contributed by atoms with Gasteiger partial charge in [0.15, 0.2) is 5.16 Å². The standard InChI is InChI=1S/C21H24N4O3S/c1-28-13-7-12-25-20(27)23-24-21(25)29-15-19(26)22-18-11-6-5-10-17(18)14-16-8-3-2-4-9-16/h2-6,8-11H,7,12-15H2,1H3,(H,22,26)(H,23,27). The molecule has 1 aromatic heterocycles. The number of aromatic nitrogens is 3. The fourth-order valence-electron chi connectivity index (χ4n) is 2.91. The van der Waals surface area contributed by atoms with Crippen LogP contribution in [0.4, 0.5) is 5.69 Å². The van der Waals surface area contributed by atoms with Gasteiger partial charge in [0.2, 0.25) is 5.91 Å². The summed E-state index contributed by atoms with van der Waals surface area (Å²) in [6.45, 7) is 1.05. The zero-order valence-electron chi connectivity index (χ0n) is 16.3. The topological polar surface area (TPSA) is 89.0 Å². The van der Waals surface area contributed by atoms with Crippen LogP contribution in [-0.2, 0) is 22.5 Å². The van der Waals surface area contributed by atoms with Crippen LogP contribution in [-0.4, -0.2) is 40.1 Å². The predicted molar refractivity (Wildman–Crippen MR) is 114 cm³/mol. The Kier molecular flexibility index (Phi) is 7.66. The van der Waals surface area contributed by atoms with Crippen LogP contribution < -0.4 is 11.0 Å². The first-order valence-electron chi connectivity index (χ1n) is 9.36. The van der Waals surface area contributed by atoms with E-state index < -0.39 is 0 Å². The quantitative estimate of drug-likeness (QED) is 0.395. The summed E-state index contributed by atoms with van der Waals surface area (Å²) in [5.74, 6) is 0.0169. The Balaban J connectivity index is 1.60. The molecule has 152 valence electrons. The smallest absolute Gasteiger partial charge is 0.343 e. The maximum atomic E-state index is 12.5. The molecule has 0 radical (unpaired) electrons. The maximum Gasteiger partial charge on any atom is 0.343 e. The summed E-state index contributed by atoms with van der Waals surface area (Å²) in [6, 6.07) is 17.9. The van der Waals surface area contributed by atoms with E-state index in [1.165, 1.54) is 21.9 Å². The molecule has 3 aromatic rings. The highest BCUT2D eigenvalue weighted by molar-refractivity contribution is 7.99. The van der Waals surface area contributed by atoms with Crippen molar-refractivity contribution in [1.29, 1.82) is 0 Å². The van der Waals surface area contributed by atoms with E-state index in [9.17, 15) is 9.59 Å². The molecule has 0 aliphatic rings. The highest BCUT2D eigenvalue weighted by Gasteiger charge is 2.12. The Morgan fingerprint density at radius 2 is 1.93 bits per heavy atom. The lowest BCUT2D eigenvalue weighted by atomic mass is 10.0.